The molecule has 0 aromatic heterocycles. The number of benzene rings is 2. The van der Waals surface area contributed by atoms with Crippen LogP contribution in [0.15, 0.2) is 45.3 Å². The Balaban J connectivity index is 1.71. The Bertz CT molecular complexity index is 760. The molecule has 0 spiro atoms. The van der Waals surface area contributed by atoms with Crippen molar-refractivity contribution in [3.63, 3.8) is 0 Å². The summed E-state index contributed by atoms with van der Waals surface area (Å²) in [4.78, 5) is 3.24. The highest BCUT2D eigenvalue weighted by Gasteiger charge is 2.20. The second kappa shape index (κ2) is 8.85. The molecule has 0 atom stereocenters. The molecule has 0 bridgehead atoms. The van der Waals surface area contributed by atoms with Gasteiger partial charge in [0.1, 0.15) is 17.3 Å². The van der Waals surface area contributed by atoms with Crippen molar-refractivity contribution in [3.8, 4) is 5.75 Å². The van der Waals surface area contributed by atoms with E-state index in [0.29, 0.717) is 6.61 Å². The first-order valence-corrected chi connectivity index (χ1v) is 10.9. The van der Waals surface area contributed by atoms with Gasteiger partial charge in [-0.15, -0.1) is 0 Å². The highest BCUT2D eigenvalue weighted by molar-refractivity contribution is 9.11. The molecule has 1 fully saturated rings. The first kappa shape index (κ1) is 19.8. The maximum absolute atomic E-state index is 6.04. The molecule has 138 valence electrons. The van der Waals surface area contributed by atoms with E-state index < -0.39 is 0 Å². The molecule has 26 heavy (non-hydrogen) atoms. The van der Waals surface area contributed by atoms with E-state index in [4.69, 9.17) is 17.0 Å². The van der Waals surface area contributed by atoms with Gasteiger partial charge in [0.2, 0.25) is 0 Å². The Morgan fingerprint density at radius 1 is 1.12 bits per heavy atom. The maximum Gasteiger partial charge on any atom is 0.148 e. The predicted molar refractivity (Wildman–Crippen MR) is 119 cm³/mol. The van der Waals surface area contributed by atoms with Crippen LogP contribution < -0.4 is 4.74 Å². The summed E-state index contributed by atoms with van der Waals surface area (Å²) in [7, 11) is 0. The minimum absolute atomic E-state index is 0.533. The van der Waals surface area contributed by atoms with Crippen molar-refractivity contribution in [3.05, 3.63) is 62.0 Å². The molecular formula is C21H23Br2NOS. The van der Waals surface area contributed by atoms with E-state index in [0.717, 1.165) is 49.8 Å². The van der Waals surface area contributed by atoms with Crippen LogP contribution in [0.4, 0.5) is 0 Å². The third-order valence-electron chi connectivity index (χ3n) is 4.82. The van der Waals surface area contributed by atoms with E-state index in [2.05, 4.69) is 87.0 Å². The van der Waals surface area contributed by atoms with Crippen LogP contribution in [0.1, 0.15) is 36.5 Å². The van der Waals surface area contributed by atoms with Crippen LogP contribution in [-0.2, 0) is 6.61 Å². The molecule has 0 N–H and O–H groups in total. The number of rotatable bonds is 4. The quantitative estimate of drug-likeness (QED) is 0.448. The first-order valence-electron chi connectivity index (χ1n) is 8.90. The SMILES string of the molecule is Cc1ccc(COc2c(Br)cc(C(=S)N3CCC(C)CC3)cc2Br)cc1. The van der Waals surface area contributed by atoms with Crippen LogP contribution in [0.3, 0.4) is 0 Å². The van der Waals surface area contributed by atoms with Gasteiger partial charge in [0, 0.05) is 18.7 Å². The number of hydrogen-bond donors (Lipinski definition) is 0. The fourth-order valence-electron chi connectivity index (χ4n) is 3.06. The molecule has 0 amide bonds. The van der Waals surface area contributed by atoms with Crippen molar-refractivity contribution >= 4 is 49.1 Å². The van der Waals surface area contributed by atoms with Crippen molar-refractivity contribution in [2.24, 2.45) is 5.92 Å². The molecule has 1 saturated heterocycles. The van der Waals surface area contributed by atoms with Gasteiger partial charge in [0.15, 0.2) is 0 Å². The molecule has 3 rings (SSSR count). The van der Waals surface area contributed by atoms with Crippen molar-refractivity contribution in [2.75, 3.05) is 13.1 Å². The fourth-order valence-corrected chi connectivity index (χ4v) is 4.77. The predicted octanol–water partition coefficient (Wildman–Crippen LogP) is 6.51. The Morgan fingerprint density at radius 2 is 1.69 bits per heavy atom. The van der Waals surface area contributed by atoms with Crippen LogP contribution in [-0.4, -0.2) is 23.0 Å². The topological polar surface area (TPSA) is 12.5 Å². The summed E-state index contributed by atoms with van der Waals surface area (Å²) in [5.74, 6) is 1.61. The second-order valence-electron chi connectivity index (χ2n) is 7.02. The number of likely N-dealkylation sites (tertiary alicyclic amines) is 1. The van der Waals surface area contributed by atoms with Crippen molar-refractivity contribution in [2.45, 2.75) is 33.3 Å². The maximum atomic E-state index is 6.04. The molecule has 0 radical (unpaired) electrons. The van der Waals surface area contributed by atoms with Gasteiger partial charge in [-0.3, -0.25) is 0 Å². The van der Waals surface area contributed by atoms with Crippen LogP contribution in [0.25, 0.3) is 0 Å². The van der Waals surface area contributed by atoms with Crippen molar-refractivity contribution in [1.82, 2.24) is 4.90 Å². The molecule has 0 unspecified atom stereocenters. The fraction of sp³-hybridized carbons (Fsp3) is 0.381. The lowest BCUT2D eigenvalue weighted by atomic mass is 9.99. The molecule has 2 aromatic carbocycles. The number of aryl methyl sites for hydroxylation is 1. The standard InChI is InChI=1S/C21H23Br2NOS/c1-14-3-5-16(6-4-14)13-25-20-18(22)11-17(12-19(20)23)21(26)24-9-7-15(2)8-10-24/h3-6,11-12,15H,7-10,13H2,1-2H3. The van der Waals surface area contributed by atoms with Crippen molar-refractivity contribution < 1.29 is 4.74 Å². The number of piperidine rings is 1. The van der Waals surface area contributed by atoms with Crippen LogP contribution >= 0.6 is 44.1 Å². The molecule has 2 aromatic rings. The van der Waals surface area contributed by atoms with E-state index >= 15 is 0 Å². The average Bonchev–Trinajstić information content (AvgIpc) is 2.62. The third-order valence-corrected chi connectivity index (χ3v) is 6.49. The Labute approximate surface area is 178 Å². The lowest BCUT2D eigenvalue weighted by Gasteiger charge is -2.32. The normalized spacial score (nSPS) is 15.2. The van der Waals surface area contributed by atoms with E-state index in [1.807, 2.05) is 0 Å². The average molecular weight is 497 g/mol. The minimum atomic E-state index is 0.533. The number of ether oxygens (including phenoxy) is 1. The summed E-state index contributed by atoms with van der Waals surface area (Å²) in [5, 5.41) is 0. The van der Waals surface area contributed by atoms with Gasteiger partial charge in [-0.2, -0.15) is 0 Å². The summed E-state index contributed by atoms with van der Waals surface area (Å²) in [6.07, 6.45) is 2.42. The van der Waals surface area contributed by atoms with Gasteiger partial charge in [0.25, 0.3) is 0 Å². The number of nitrogens with zero attached hydrogens (tertiary/aromatic N) is 1. The highest BCUT2D eigenvalue weighted by Crippen LogP contribution is 2.36. The van der Waals surface area contributed by atoms with Crippen LogP contribution in [0.2, 0.25) is 0 Å². The zero-order chi connectivity index (χ0) is 18.7. The van der Waals surface area contributed by atoms with E-state index in [1.165, 1.54) is 18.4 Å². The first-order chi connectivity index (χ1) is 12.4. The molecule has 1 heterocycles. The largest absolute Gasteiger partial charge is 0.487 e. The lowest BCUT2D eigenvalue weighted by molar-refractivity contribution is 0.284. The molecule has 5 heteroatoms. The smallest absolute Gasteiger partial charge is 0.148 e. The number of halogens is 2. The van der Waals surface area contributed by atoms with Gasteiger partial charge in [0.05, 0.1) is 8.95 Å². The summed E-state index contributed by atoms with van der Waals surface area (Å²) < 4.78 is 7.87. The van der Waals surface area contributed by atoms with E-state index in [1.54, 1.807) is 0 Å². The molecule has 1 aliphatic heterocycles. The molecule has 0 saturated carbocycles. The minimum Gasteiger partial charge on any atom is -0.487 e. The van der Waals surface area contributed by atoms with Crippen LogP contribution in [0.5, 0.6) is 5.75 Å². The van der Waals surface area contributed by atoms with Gasteiger partial charge < -0.3 is 9.64 Å². The van der Waals surface area contributed by atoms with Gasteiger partial charge >= 0.3 is 0 Å². The zero-order valence-electron chi connectivity index (χ0n) is 15.1. The highest BCUT2D eigenvalue weighted by atomic mass is 79.9. The molecule has 2 nitrogen and oxygen atoms in total. The zero-order valence-corrected chi connectivity index (χ0v) is 19.1. The Hall–Kier alpha value is -0.910. The Morgan fingerprint density at radius 3 is 2.27 bits per heavy atom. The summed E-state index contributed by atoms with van der Waals surface area (Å²) in [6.45, 7) is 7.02. The summed E-state index contributed by atoms with van der Waals surface area (Å²) >= 11 is 13.0. The van der Waals surface area contributed by atoms with Gasteiger partial charge in [-0.05, 0) is 75.2 Å². The van der Waals surface area contributed by atoms with Gasteiger partial charge in [-0.1, -0.05) is 49.0 Å². The second-order valence-corrected chi connectivity index (χ2v) is 9.11. The molecular weight excluding hydrogens is 474 g/mol. The summed E-state index contributed by atoms with van der Waals surface area (Å²) in [6, 6.07) is 12.5. The third kappa shape index (κ3) is 4.87. The van der Waals surface area contributed by atoms with Gasteiger partial charge in [-0.25, -0.2) is 0 Å². The number of thiocarbonyl (C=S) groups is 1. The monoisotopic (exact) mass is 495 g/mol. The van der Waals surface area contributed by atoms with Crippen LogP contribution in [0, 0.1) is 12.8 Å². The lowest BCUT2D eigenvalue weighted by Crippen LogP contribution is -2.37. The molecule has 0 aliphatic carbocycles. The van der Waals surface area contributed by atoms with E-state index in [9.17, 15) is 0 Å². The molecule has 1 aliphatic rings. The summed E-state index contributed by atoms with van der Waals surface area (Å²) in [5.41, 5.74) is 3.45. The van der Waals surface area contributed by atoms with E-state index in [-0.39, 0.29) is 0 Å². The number of hydrogen-bond acceptors (Lipinski definition) is 2. The van der Waals surface area contributed by atoms with Crippen molar-refractivity contribution in [1.29, 1.82) is 0 Å². The Kier molecular flexibility index (Phi) is 6.76.